The lowest BCUT2D eigenvalue weighted by Crippen LogP contribution is -2.59. The summed E-state index contributed by atoms with van der Waals surface area (Å²) >= 11 is 6.01. The average molecular weight is 1460 g/mol. The van der Waals surface area contributed by atoms with Gasteiger partial charge in [-0.15, -0.1) is 0 Å². The molecule has 5 saturated heterocycles. The van der Waals surface area contributed by atoms with Crippen LogP contribution in [0.1, 0.15) is 99.3 Å². The number of carbonyl (C=O) groups is 2. The number of aryl methyl sites for hydroxylation is 6. The Bertz CT molecular complexity index is 5240. The van der Waals surface area contributed by atoms with Crippen LogP contribution in [0.3, 0.4) is 0 Å². The molecule has 10 aromatic rings. The van der Waals surface area contributed by atoms with Crippen molar-refractivity contribution in [2.75, 3.05) is 86.1 Å². The second-order valence-electron chi connectivity index (χ2n) is 29.5. The first-order valence-corrected chi connectivity index (χ1v) is 36.7. The van der Waals surface area contributed by atoms with Crippen LogP contribution in [0.2, 0.25) is 5.02 Å². The highest BCUT2D eigenvalue weighted by Gasteiger charge is 2.52. The van der Waals surface area contributed by atoms with Crippen molar-refractivity contribution < 1.29 is 28.4 Å². The van der Waals surface area contributed by atoms with Gasteiger partial charge in [0.1, 0.15) is 23.0 Å². The molecule has 5 fully saturated rings. The third-order valence-corrected chi connectivity index (χ3v) is 22.4. The van der Waals surface area contributed by atoms with Gasteiger partial charge >= 0.3 is 7.12 Å². The number of aldehydes is 2. The molecule has 0 aromatic carbocycles. The van der Waals surface area contributed by atoms with E-state index in [2.05, 4.69) is 89.4 Å². The van der Waals surface area contributed by atoms with Crippen molar-refractivity contribution >= 4 is 92.7 Å². The number of anilines is 6. The Balaban J connectivity index is 0.000000136. The number of nitrogens with zero attached hydrogens (tertiary/aromatic N) is 16. The fourth-order valence-corrected chi connectivity index (χ4v) is 15.4. The van der Waals surface area contributed by atoms with Gasteiger partial charge in [-0.2, -0.15) is 19.6 Å². The zero-order valence-corrected chi connectivity index (χ0v) is 61.5. The minimum atomic E-state index is -0.547. The van der Waals surface area contributed by atoms with E-state index in [-0.39, 0.29) is 50.0 Å². The Morgan fingerprint density at radius 1 is 0.538 bits per heavy atom. The van der Waals surface area contributed by atoms with Crippen molar-refractivity contribution in [3.05, 3.63) is 179 Å². The highest BCUT2D eigenvalue weighted by Crippen LogP contribution is 2.37. The zero-order chi connectivity index (χ0) is 73.9. The second-order valence-corrected chi connectivity index (χ2v) is 29.9. The molecule has 7 aliphatic rings. The molecule has 0 aliphatic carbocycles. The van der Waals surface area contributed by atoms with Crippen LogP contribution in [-0.2, 0) is 58.8 Å². The van der Waals surface area contributed by atoms with Gasteiger partial charge in [0.25, 0.3) is 22.2 Å². The minimum absolute atomic E-state index is 0.135. The number of hydrogen-bond acceptors (Lipinski definition) is 22. The Labute approximate surface area is 616 Å². The molecule has 7 aliphatic heterocycles. The van der Waals surface area contributed by atoms with E-state index >= 15 is 0 Å². The third-order valence-electron chi connectivity index (χ3n) is 22.1. The van der Waals surface area contributed by atoms with E-state index in [9.17, 15) is 28.8 Å². The number of carbonyl (C=O) groups excluding carboxylic acids is 2. The van der Waals surface area contributed by atoms with E-state index < -0.39 is 18.3 Å². The SMILES string of the molecule is C[C@H]1CN(C2COC2)CCN1c1ccc(Nc2cc(-c3ccnc(-n4ncc5c6n(cc5c4=O)CCCC6)c3C=O)cn(C)c2=O)nc1.C[C@H]1CN(C2COC2)CCN1c1ccc(Nc2cc(B3OC(C)(C)C(C)(C)O3)cn(C)c2=O)nc1.O=Cc1c(Cl)ccnc1-n1ncc2c3n(cc2c1=O)CCCC3. The summed E-state index contributed by atoms with van der Waals surface area (Å²) in [7, 11) is 2.84. The van der Waals surface area contributed by atoms with Crippen molar-refractivity contribution in [1.82, 2.24) is 67.6 Å². The smallest absolute Gasteiger partial charge is 0.399 e. The molecule has 2 N–H and O–H groups in total. The highest BCUT2D eigenvalue weighted by atomic mass is 35.5. The van der Waals surface area contributed by atoms with E-state index in [1.54, 1.807) is 67.8 Å². The first kappa shape index (κ1) is 71.6. The quantitative estimate of drug-likeness (QED) is 0.0800. The molecule has 0 radical (unpaired) electrons. The maximum atomic E-state index is 13.7. The molecule has 17 rings (SSSR count). The molecule has 0 spiro atoms. The molecule has 28 nitrogen and oxygen atoms in total. The van der Waals surface area contributed by atoms with Crippen LogP contribution in [0.15, 0.2) is 130 Å². The summed E-state index contributed by atoms with van der Waals surface area (Å²) in [6, 6.07) is 16.4. The van der Waals surface area contributed by atoms with Crippen LogP contribution in [-0.4, -0.2) is 188 Å². The molecular formula is C76H86BClN18O10. The van der Waals surface area contributed by atoms with Gasteiger partial charge in [-0.25, -0.2) is 19.9 Å². The van der Waals surface area contributed by atoms with Crippen LogP contribution in [0, 0.1) is 0 Å². The van der Waals surface area contributed by atoms with Crippen molar-refractivity contribution in [3.8, 4) is 22.8 Å². The van der Waals surface area contributed by atoms with Gasteiger partial charge < -0.3 is 57.5 Å². The maximum Gasteiger partial charge on any atom is 0.496 e. The fraction of sp³-hybridized carbons (Fsp3) is 0.421. The van der Waals surface area contributed by atoms with Crippen LogP contribution >= 0.6 is 11.6 Å². The Morgan fingerprint density at radius 3 is 1.48 bits per heavy atom. The number of fused-ring (bicyclic) bond motifs is 6. The number of halogens is 1. The molecule has 30 heteroatoms. The first-order valence-electron chi connectivity index (χ1n) is 36.3. The lowest BCUT2D eigenvalue weighted by atomic mass is 9.80. The largest absolute Gasteiger partial charge is 0.496 e. The normalized spacial score (nSPS) is 19.5. The Morgan fingerprint density at radius 2 is 1.02 bits per heavy atom. The van der Waals surface area contributed by atoms with E-state index in [0.717, 1.165) is 161 Å². The predicted octanol–water partition coefficient (Wildman–Crippen LogP) is 7.26. The van der Waals surface area contributed by atoms with Crippen molar-refractivity contribution in [2.24, 2.45) is 14.1 Å². The standard InChI is InChI=1S/C35H37N9O4.C25H36BN5O4.C16H13ClN4O2/c1-22-16-41(25-20-48-21-25)11-12-43(22)24-6-7-32(37-14-24)39-30-13-23(17-40(2)35(30)47)26-8-9-36-33(29(26)19-45)44-34(46)28-18-42-10-4-3-5-31(42)27(28)15-38-44;1-17-13-30(20-15-33-16-20)9-10-31(17)19-7-8-22(27-12-19)28-21-11-18(14-29(6)23(21)32)26-34-24(2,3)25(4,5)35-26;17-13-4-5-18-15(12(13)9-22)21-16(23)11-8-20-6-2-1-3-14(20)10(11)7-19-21/h6-9,13-15,17-19,22,25H,3-5,10-12,16,20-21H2,1-2H3,(H,37,39);7-8,11-12,14,17,20H,9-10,13,15-16H2,1-6H3,(H,27,28);4-5,7-9H,1-3,6H2/t22-;17-;/m00./s1. The van der Waals surface area contributed by atoms with E-state index in [0.29, 0.717) is 81.6 Å². The summed E-state index contributed by atoms with van der Waals surface area (Å²) < 4.78 is 32.7. The first-order chi connectivity index (χ1) is 51.1. The summed E-state index contributed by atoms with van der Waals surface area (Å²) in [6.07, 6.45) is 24.7. The van der Waals surface area contributed by atoms with Gasteiger partial charge in [-0.05, 0) is 134 Å². The molecular weight excluding hydrogens is 1370 g/mol. The Kier molecular flexibility index (Phi) is 19.8. The topological polar surface area (TPSA) is 283 Å². The number of rotatable bonds is 14. The van der Waals surface area contributed by atoms with E-state index in [1.165, 1.54) is 21.5 Å². The van der Waals surface area contributed by atoms with E-state index in [1.807, 2.05) is 70.7 Å². The molecule has 0 saturated carbocycles. The minimum Gasteiger partial charge on any atom is -0.399 e. The molecule has 2 atom stereocenters. The number of aromatic nitrogens is 12. The molecule has 17 heterocycles. The van der Waals surface area contributed by atoms with Crippen molar-refractivity contribution in [2.45, 2.75) is 129 Å². The Hall–Kier alpha value is -10.0. The van der Waals surface area contributed by atoms with Gasteiger partial charge in [-0.3, -0.25) is 38.6 Å². The predicted molar refractivity (Wildman–Crippen MR) is 407 cm³/mol. The molecule has 0 unspecified atom stereocenters. The fourth-order valence-electron chi connectivity index (χ4n) is 15.2. The van der Waals surface area contributed by atoms with Gasteiger partial charge in [0, 0.05) is 149 Å². The molecule has 0 bridgehead atoms. The number of nitrogens with one attached hydrogen (secondary N) is 2. The lowest BCUT2D eigenvalue weighted by Gasteiger charge is -2.46. The molecule has 0 amide bonds. The maximum absolute atomic E-state index is 13.7. The van der Waals surface area contributed by atoms with Crippen LogP contribution in [0.25, 0.3) is 44.3 Å². The second kappa shape index (κ2) is 29.4. The summed E-state index contributed by atoms with van der Waals surface area (Å²) in [5.74, 6) is 1.44. The summed E-state index contributed by atoms with van der Waals surface area (Å²) in [4.78, 5) is 104. The number of ether oxygens (including phenoxy) is 2. The molecule has 550 valence electrons. The summed E-state index contributed by atoms with van der Waals surface area (Å²) in [5.41, 5.74) is 5.46. The van der Waals surface area contributed by atoms with Gasteiger partial charge in [-0.1, -0.05) is 11.6 Å². The zero-order valence-electron chi connectivity index (χ0n) is 60.8. The van der Waals surface area contributed by atoms with Gasteiger partial charge in [0.05, 0.1) is 113 Å². The number of piperazine rings is 2. The van der Waals surface area contributed by atoms with Crippen LogP contribution in [0.5, 0.6) is 0 Å². The average Bonchev–Trinajstić information content (AvgIpc) is 1.44. The van der Waals surface area contributed by atoms with Crippen molar-refractivity contribution in [1.29, 1.82) is 0 Å². The van der Waals surface area contributed by atoms with Crippen LogP contribution in [0.4, 0.5) is 34.4 Å². The van der Waals surface area contributed by atoms with Gasteiger partial charge in [0.2, 0.25) is 0 Å². The monoisotopic (exact) mass is 1460 g/mol. The number of hydrogen-bond donors (Lipinski definition) is 2. The molecule has 10 aromatic heterocycles. The molecule has 106 heavy (non-hydrogen) atoms. The summed E-state index contributed by atoms with van der Waals surface area (Å²) in [5, 5.41) is 18.2. The lowest BCUT2D eigenvalue weighted by molar-refractivity contribution is -0.0691. The third kappa shape index (κ3) is 13.8. The highest BCUT2D eigenvalue weighted by molar-refractivity contribution is 6.62. The number of pyridine rings is 6. The van der Waals surface area contributed by atoms with E-state index in [4.69, 9.17) is 30.4 Å². The summed E-state index contributed by atoms with van der Waals surface area (Å²) in [6.45, 7) is 23.5. The van der Waals surface area contributed by atoms with Crippen molar-refractivity contribution in [3.63, 3.8) is 0 Å². The van der Waals surface area contributed by atoms with Crippen LogP contribution < -0.4 is 48.1 Å². The van der Waals surface area contributed by atoms with Gasteiger partial charge in [0.15, 0.2) is 24.2 Å².